The van der Waals surface area contributed by atoms with Crippen LogP contribution in [0.5, 0.6) is 11.5 Å². The van der Waals surface area contributed by atoms with Crippen molar-refractivity contribution in [2.75, 3.05) is 13.2 Å². The number of carbonyl (C=O) groups excluding carboxylic acids is 1. The van der Waals surface area contributed by atoms with Gasteiger partial charge in [0.25, 0.3) is 0 Å². The summed E-state index contributed by atoms with van der Waals surface area (Å²) in [5.74, 6) is 1.60. The first kappa shape index (κ1) is 26.2. The van der Waals surface area contributed by atoms with Gasteiger partial charge in [-0.05, 0) is 67.6 Å². The quantitative estimate of drug-likeness (QED) is 0.263. The molecule has 3 aromatic rings. The van der Waals surface area contributed by atoms with Gasteiger partial charge in [0.05, 0.1) is 17.0 Å². The highest BCUT2D eigenvalue weighted by Gasteiger charge is 2.38. The Kier molecular flexibility index (Phi) is 9.05. The summed E-state index contributed by atoms with van der Waals surface area (Å²) in [4.78, 5) is 13.7. The van der Waals surface area contributed by atoms with Crippen LogP contribution in [0.4, 0.5) is 4.79 Å². The fourth-order valence-corrected chi connectivity index (χ4v) is 5.65. The molecule has 5 nitrogen and oxygen atoms in total. The number of nitrogens with one attached hydrogen (secondary N) is 1. The normalized spacial score (nSPS) is 16.9. The van der Waals surface area contributed by atoms with Crippen LogP contribution < -0.4 is 14.8 Å². The van der Waals surface area contributed by atoms with E-state index in [4.69, 9.17) is 25.8 Å². The number of cyclic esters (lactones) is 1. The van der Waals surface area contributed by atoms with E-state index >= 15 is 0 Å². The molecule has 36 heavy (non-hydrogen) atoms. The van der Waals surface area contributed by atoms with Gasteiger partial charge in [-0.2, -0.15) is 0 Å². The molecule has 1 saturated heterocycles. The lowest BCUT2D eigenvalue weighted by molar-refractivity contribution is 0.169. The molecule has 0 radical (unpaired) electrons. The predicted molar refractivity (Wildman–Crippen MR) is 144 cm³/mol. The second-order valence-corrected chi connectivity index (χ2v) is 10.4. The molecule has 1 aliphatic heterocycles. The highest BCUT2D eigenvalue weighted by atomic mass is 35.5. The molecule has 1 heterocycles. The molecule has 1 atom stereocenters. The number of rotatable bonds is 12. The van der Waals surface area contributed by atoms with Crippen molar-refractivity contribution >= 4 is 29.5 Å². The Bertz CT molecular complexity index is 1170. The molecule has 190 valence electrons. The zero-order chi connectivity index (χ0) is 25.4. The molecule has 7 heteroatoms. The largest absolute Gasteiger partial charge is 0.494 e. The Balaban J connectivity index is 1.47. The van der Waals surface area contributed by atoms with E-state index in [9.17, 15) is 4.79 Å². The average molecular weight is 526 g/mol. The van der Waals surface area contributed by atoms with Gasteiger partial charge in [0.15, 0.2) is 0 Å². The van der Waals surface area contributed by atoms with Gasteiger partial charge >= 0.3 is 6.09 Å². The fraction of sp³-hybridized carbons (Fsp3) is 0.345. The number of alkyl carbamates (subject to hydrolysis) is 1. The summed E-state index contributed by atoms with van der Waals surface area (Å²) in [6, 6.07) is 22.1. The van der Waals surface area contributed by atoms with Gasteiger partial charge in [-0.3, -0.25) is 0 Å². The van der Waals surface area contributed by atoms with Gasteiger partial charge in [0.2, 0.25) is 0 Å². The number of carbonyl (C=O) groups is 1. The first-order valence-corrected chi connectivity index (χ1v) is 13.5. The van der Waals surface area contributed by atoms with Crippen LogP contribution in [-0.4, -0.2) is 24.8 Å². The molecule has 0 bridgehead atoms. The number of hydrogen-bond acceptors (Lipinski definition) is 5. The van der Waals surface area contributed by atoms with Gasteiger partial charge in [-0.15, -0.1) is 0 Å². The van der Waals surface area contributed by atoms with Crippen molar-refractivity contribution in [1.82, 2.24) is 5.32 Å². The summed E-state index contributed by atoms with van der Waals surface area (Å²) in [6.45, 7) is 5.58. The van der Waals surface area contributed by atoms with E-state index in [-0.39, 0.29) is 11.6 Å². The Morgan fingerprint density at radius 3 is 2.56 bits per heavy atom. The van der Waals surface area contributed by atoms with Crippen molar-refractivity contribution in [2.24, 2.45) is 0 Å². The van der Waals surface area contributed by atoms with Crippen LogP contribution in [0.2, 0.25) is 5.02 Å². The third-order valence-electron chi connectivity index (χ3n) is 6.16. The SMILES string of the molecule is CCC[C@]1(CCc2ccc(Sc3cc(OCC)ccc3OCc3ccccc3)cc2Cl)COC(=O)N1. The van der Waals surface area contributed by atoms with Crippen molar-refractivity contribution in [1.29, 1.82) is 0 Å². The maximum atomic E-state index is 11.7. The van der Waals surface area contributed by atoms with Crippen LogP contribution >= 0.6 is 23.4 Å². The first-order valence-electron chi connectivity index (χ1n) is 12.3. The van der Waals surface area contributed by atoms with Gasteiger partial charge < -0.3 is 19.5 Å². The van der Waals surface area contributed by atoms with Crippen LogP contribution in [0.25, 0.3) is 0 Å². The minimum Gasteiger partial charge on any atom is -0.494 e. The number of aryl methyl sites for hydroxylation is 1. The second kappa shape index (κ2) is 12.4. The van der Waals surface area contributed by atoms with Crippen molar-refractivity contribution in [2.45, 2.75) is 61.5 Å². The average Bonchev–Trinajstić information content (AvgIpc) is 3.24. The summed E-state index contributed by atoms with van der Waals surface area (Å²) in [6.07, 6.45) is 3.07. The van der Waals surface area contributed by atoms with E-state index < -0.39 is 0 Å². The topological polar surface area (TPSA) is 56.8 Å². The lowest BCUT2D eigenvalue weighted by Gasteiger charge is -2.26. The third-order valence-corrected chi connectivity index (χ3v) is 7.54. The minimum absolute atomic E-state index is 0.312. The molecule has 0 spiro atoms. The Morgan fingerprint density at radius 2 is 1.86 bits per heavy atom. The molecule has 1 fully saturated rings. The Hall–Kier alpha value is -2.83. The summed E-state index contributed by atoms with van der Waals surface area (Å²) in [5.41, 5.74) is 1.86. The highest BCUT2D eigenvalue weighted by molar-refractivity contribution is 7.99. The fourth-order valence-electron chi connectivity index (χ4n) is 4.34. The molecule has 1 amide bonds. The van der Waals surface area contributed by atoms with Gasteiger partial charge in [0.1, 0.15) is 24.7 Å². The summed E-state index contributed by atoms with van der Waals surface area (Å²) < 4.78 is 17.1. The maximum Gasteiger partial charge on any atom is 0.407 e. The molecule has 0 aliphatic carbocycles. The summed E-state index contributed by atoms with van der Waals surface area (Å²) in [7, 11) is 0. The van der Waals surface area contributed by atoms with E-state index in [0.29, 0.717) is 24.8 Å². The van der Waals surface area contributed by atoms with Crippen molar-refractivity contribution in [3.63, 3.8) is 0 Å². The van der Waals surface area contributed by atoms with Crippen LogP contribution in [0, 0.1) is 0 Å². The van der Waals surface area contributed by atoms with Crippen molar-refractivity contribution in [3.05, 3.63) is 82.9 Å². The van der Waals surface area contributed by atoms with Gasteiger partial charge in [0, 0.05) is 9.92 Å². The lowest BCUT2D eigenvalue weighted by atomic mass is 9.88. The number of benzene rings is 3. The summed E-state index contributed by atoms with van der Waals surface area (Å²) >= 11 is 8.30. The van der Waals surface area contributed by atoms with Crippen LogP contribution in [0.15, 0.2) is 76.5 Å². The molecular weight excluding hydrogens is 494 g/mol. The van der Waals surface area contributed by atoms with Crippen LogP contribution in [0.3, 0.4) is 0 Å². The second-order valence-electron chi connectivity index (χ2n) is 8.90. The first-order chi connectivity index (χ1) is 17.5. The van der Waals surface area contributed by atoms with Gasteiger partial charge in [-0.1, -0.05) is 73.1 Å². The molecule has 0 aromatic heterocycles. The summed E-state index contributed by atoms with van der Waals surface area (Å²) in [5, 5.41) is 3.73. The van der Waals surface area contributed by atoms with Crippen LogP contribution in [-0.2, 0) is 17.8 Å². The predicted octanol–water partition coefficient (Wildman–Crippen LogP) is 7.68. The Labute approximate surface area is 222 Å². The van der Waals surface area contributed by atoms with E-state index in [0.717, 1.165) is 58.1 Å². The Morgan fingerprint density at radius 1 is 1.03 bits per heavy atom. The number of ether oxygens (including phenoxy) is 3. The van der Waals surface area contributed by atoms with E-state index in [1.165, 1.54) is 0 Å². The van der Waals surface area contributed by atoms with E-state index in [1.54, 1.807) is 11.8 Å². The standard InChI is InChI=1S/C29H32ClNO4S/c1-3-15-29(20-35-28(32)31-29)16-14-22-10-12-24(18-25(22)30)36-27-17-23(33-4-2)11-13-26(27)34-19-21-8-6-5-7-9-21/h5-13,17-18H,3-4,14-16,19-20H2,1-2H3,(H,31,32)/t29-/m0/s1. The maximum absolute atomic E-state index is 11.7. The minimum atomic E-state index is -0.333. The zero-order valence-electron chi connectivity index (χ0n) is 20.7. The molecular formula is C29H32ClNO4S. The number of halogens is 1. The molecule has 0 unspecified atom stereocenters. The van der Waals surface area contributed by atoms with E-state index in [2.05, 4.69) is 24.4 Å². The molecule has 1 N–H and O–H groups in total. The number of hydrogen-bond donors (Lipinski definition) is 1. The molecule has 1 aliphatic rings. The van der Waals surface area contributed by atoms with Gasteiger partial charge in [-0.25, -0.2) is 4.79 Å². The van der Waals surface area contributed by atoms with Crippen LogP contribution in [0.1, 0.15) is 44.2 Å². The number of amides is 1. The third kappa shape index (κ3) is 6.89. The zero-order valence-corrected chi connectivity index (χ0v) is 22.3. The van der Waals surface area contributed by atoms with Crippen molar-refractivity contribution < 1.29 is 19.0 Å². The smallest absolute Gasteiger partial charge is 0.407 e. The van der Waals surface area contributed by atoms with E-state index in [1.807, 2.05) is 61.5 Å². The molecule has 3 aromatic carbocycles. The molecule has 0 saturated carbocycles. The molecule has 4 rings (SSSR count). The lowest BCUT2D eigenvalue weighted by Crippen LogP contribution is -2.43. The highest BCUT2D eigenvalue weighted by Crippen LogP contribution is 2.39. The monoisotopic (exact) mass is 525 g/mol. The van der Waals surface area contributed by atoms with Crippen molar-refractivity contribution in [3.8, 4) is 11.5 Å².